The van der Waals surface area contributed by atoms with Crippen LogP contribution < -0.4 is 10.2 Å². The fourth-order valence-corrected chi connectivity index (χ4v) is 2.16. The van der Waals surface area contributed by atoms with Crippen LogP contribution in [0.25, 0.3) is 0 Å². The van der Waals surface area contributed by atoms with Gasteiger partial charge in [0.05, 0.1) is 13.0 Å². The Bertz CT molecular complexity index is 401. The van der Waals surface area contributed by atoms with Crippen molar-refractivity contribution in [1.82, 2.24) is 5.32 Å². The molecule has 0 aromatic heterocycles. The number of hydrogen-bond donors (Lipinski definition) is 1. The molecule has 4 nitrogen and oxygen atoms in total. The third-order valence-corrected chi connectivity index (χ3v) is 3.05. The standard InChI is InChI=1S/C14H20N2O2/c1-2-18-14(17)11-12-4-3-5-13(10-12)16-8-6-15-7-9-16/h3-5,10,15H,2,6-9,11H2,1H3. The van der Waals surface area contributed by atoms with E-state index in [-0.39, 0.29) is 5.97 Å². The molecular formula is C14H20N2O2. The lowest BCUT2D eigenvalue weighted by Gasteiger charge is -2.29. The number of rotatable bonds is 4. The van der Waals surface area contributed by atoms with Crippen LogP contribution in [-0.4, -0.2) is 38.8 Å². The molecule has 0 unspecified atom stereocenters. The SMILES string of the molecule is CCOC(=O)Cc1cccc(N2CCNCC2)c1. The highest BCUT2D eigenvalue weighted by atomic mass is 16.5. The minimum absolute atomic E-state index is 0.157. The fourth-order valence-electron chi connectivity index (χ4n) is 2.16. The molecule has 18 heavy (non-hydrogen) atoms. The molecule has 4 heteroatoms. The second-order valence-corrected chi connectivity index (χ2v) is 4.39. The Balaban J connectivity index is 2.02. The van der Waals surface area contributed by atoms with Gasteiger partial charge in [-0.15, -0.1) is 0 Å². The van der Waals surface area contributed by atoms with E-state index in [1.165, 1.54) is 5.69 Å². The van der Waals surface area contributed by atoms with Crippen molar-refractivity contribution in [2.45, 2.75) is 13.3 Å². The van der Waals surface area contributed by atoms with Crippen molar-refractivity contribution in [2.24, 2.45) is 0 Å². The van der Waals surface area contributed by atoms with Crippen LogP contribution in [0.4, 0.5) is 5.69 Å². The van der Waals surface area contributed by atoms with Crippen LogP contribution in [0.3, 0.4) is 0 Å². The van der Waals surface area contributed by atoms with Gasteiger partial charge < -0.3 is 15.0 Å². The summed E-state index contributed by atoms with van der Waals surface area (Å²) in [6.07, 6.45) is 0.355. The maximum atomic E-state index is 11.5. The molecule has 0 bridgehead atoms. The number of esters is 1. The van der Waals surface area contributed by atoms with Crippen LogP contribution in [0.2, 0.25) is 0 Å². The summed E-state index contributed by atoms with van der Waals surface area (Å²) in [4.78, 5) is 13.8. The molecule has 0 radical (unpaired) electrons. The average Bonchev–Trinajstić information content (AvgIpc) is 2.40. The average molecular weight is 248 g/mol. The zero-order chi connectivity index (χ0) is 12.8. The number of nitrogens with zero attached hydrogens (tertiary/aromatic N) is 1. The Hall–Kier alpha value is -1.55. The third-order valence-electron chi connectivity index (χ3n) is 3.05. The highest BCUT2D eigenvalue weighted by Crippen LogP contribution is 2.17. The molecule has 1 aliphatic heterocycles. The van der Waals surface area contributed by atoms with Crippen molar-refractivity contribution in [2.75, 3.05) is 37.7 Å². The Labute approximate surface area is 108 Å². The summed E-state index contributed by atoms with van der Waals surface area (Å²) in [6.45, 7) is 6.33. The number of piperazine rings is 1. The van der Waals surface area contributed by atoms with E-state index in [0.29, 0.717) is 13.0 Å². The molecule has 1 aliphatic rings. The molecule has 1 aromatic rings. The van der Waals surface area contributed by atoms with Crippen LogP contribution in [-0.2, 0) is 16.0 Å². The van der Waals surface area contributed by atoms with Gasteiger partial charge in [0.1, 0.15) is 0 Å². The molecule has 0 amide bonds. The summed E-state index contributed by atoms with van der Waals surface area (Å²) >= 11 is 0. The first-order valence-corrected chi connectivity index (χ1v) is 6.50. The van der Waals surface area contributed by atoms with E-state index >= 15 is 0 Å². The van der Waals surface area contributed by atoms with Crippen molar-refractivity contribution < 1.29 is 9.53 Å². The Kier molecular flexibility index (Phi) is 4.59. The topological polar surface area (TPSA) is 41.6 Å². The Morgan fingerprint density at radius 3 is 2.89 bits per heavy atom. The van der Waals surface area contributed by atoms with Crippen molar-refractivity contribution in [1.29, 1.82) is 0 Å². The van der Waals surface area contributed by atoms with Crippen LogP contribution in [0.5, 0.6) is 0 Å². The summed E-state index contributed by atoms with van der Waals surface area (Å²) in [7, 11) is 0. The second-order valence-electron chi connectivity index (χ2n) is 4.39. The number of benzene rings is 1. The summed E-state index contributed by atoms with van der Waals surface area (Å²) in [5.41, 5.74) is 2.21. The maximum Gasteiger partial charge on any atom is 0.310 e. The third kappa shape index (κ3) is 3.47. The predicted molar refractivity (Wildman–Crippen MR) is 71.9 cm³/mol. The van der Waals surface area contributed by atoms with Gasteiger partial charge in [-0.25, -0.2) is 0 Å². The van der Waals surface area contributed by atoms with Crippen LogP contribution in [0.15, 0.2) is 24.3 Å². The molecule has 1 saturated heterocycles. The van der Waals surface area contributed by atoms with Gasteiger partial charge in [0, 0.05) is 31.9 Å². The van der Waals surface area contributed by atoms with E-state index in [2.05, 4.69) is 22.3 Å². The lowest BCUT2D eigenvalue weighted by atomic mass is 10.1. The zero-order valence-corrected chi connectivity index (χ0v) is 10.8. The van der Waals surface area contributed by atoms with Crippen LogP contribution >= 0.6 is 0 Å². The van der Waals surface area contributed by atoms with E-state index in [9.17, 15) is 4.79 Å². The smallest absolute Gasteiger partial charge is 0.310 e. The van der Waals surface area contributed by atoms with Crippen LogP contribution in [0.1, 0.15) is 12.5 Å². The minimum atomic E-state index is -0.157. The lowest BCUT2D eigenvalue weighted by Crippen LogP contribution is -2.43. The van der Waals surface area contributed by atoms with E-state index in [4.69, 9.17) is 4.74 Å². The molecule has 1 fully saturated rings. The summed E-state index contributed by atoms with van der Waals surface area (Å²) < 4.78 is 4.97. The van der Waals surface area contributed by atoms with Gasteiger partial charge in [0.25, 0.3) is 0 Å². The van der Waals surface area contributed by atoms with Gasteiger partial charge in [-0.1, -0.05) is 12.1 Å². The van der Waals surface area contributed by atoms with Crippen molar-refractivity contribution in [3.8, 4) is 0 Å². The summed E-state index contributed by atoms with van der Waals surface area (Å²) in [6, 6.07) is 8.16. The number of hydrogen-bond acceptors (Lipinski definition) is 4. The first-order valence-electron chi connectivity index (χ1n) is 6.50. The molecule has 98 valence electrons. The van der Waals surface area contributed by atoms with Gasteiger partial charge in [0.15, 0.2) is 0 Å². The highest BCUT2D eigenvalue weighted by Gasteiger charge is 2.11. The summed E-state index contributed by atoms with van der Waals surface area (Å²) in [5.74, 6) is -0.157. The first-order chi connectivity index (χ1) is 8.79. The van der Waals surface area contributed by atoms with Gasteiger partial charge in [0.2, 0.25) is 0 Å². The first kappa shape index (κ1) is 12.9. The normalized spacial score (nSPS) is 15.5. The zero-order valence-electron chi connectivity index (χ0n) is 10.8. The Morgan fingerprint density at radius 2 is 2.17 bits per heavy atom. The quantitative estimate of drug-likeness (QED) is 0.813. The number of nitrogens with one attached hydrogen (secondary N) is 1. The lowest BCUT2D eigenvalue weighted by molar-refractivity contribution is -0.142. The summed E-state index contributed by atoms with van der Waals surface area (Å²) in [5, 5.41) is 3.33. The van der Waals surface area contributed by atoms with Gasteiger partial charge in [-0.2, -0.15) is 0 Å². The van der Waals surface area contributed by atoms with E-state index in [1.807, 2.05) is 19.1 Å². The number of ether oxygens (including phenoxy) is 1. The molecule has 0 atom stereocenters. The molecule has 2 rings (SSSR count). The van der Waals surface area contributed by atoms with Gasteiger partial charge >= 0.3 is 5.97 Å². The fraction of sp³-hybridized carbons (Fsp3) is 0.500. The molecular weight excluding hydrogens is 228 g/mol. The molecule has 1 heterocycles. The van der Waals surface area contributed by atoms with E-state index in [1.54, 1.807) is 0 Å². The van der Waals surface area contributed by atoms with E-state index in [0.717, 1.165) is 31.7 Å². The monoisotopic (exact) mass is 248 g/mol. The van der Waals surface area contributed by atoms with Crippen molar-refractivity contribution in [3.05, 3.63) is 29.8 Å². The highest BCUT2D eigenvalue weighted by molar-refractivity contribution is 5.73. The van der Waals surface area contributed by atoms with Gasteiger partial charge in [-0.05, 0) is 24.6 Å². The maximum absolute atomic E-state index is 11.5. The van der Waals surface area contributed by atoms with Crippen LogP contribution in [0, 0.1) is 0 Å². The van der Waals surface area contributed by atoms with Gasteiger partial charge in [-0.3, -0.25) is 4.79 Å². The Morgan fingerprint density at radius 1 is 1.39 bits per heavy atom. The van der Waals surface area contributed by atoms with Crippen molar-refractivity contribution in [3.63, 3.8) is 0 Å². The molecule has 1 N–H and O–H groups in total. The second kappa shape index (κ2) is 6.40. The van der Waals surface area contributed by atoms with E-state index < -0.39 is 0 Å². The number of anilines is 1. The number of carbonyl (C=O) groups excluding carboxylic acids is 1. The largest absolute Gasteiger partial charge is 0.466 e. The van der Waals surface area contributed by atoms with Crippen molar-refractivity contribution >= 4 is 11.7 Å². The predicted octanol–water partition coefficient (Wildman–Crippen LogP) is 1.20. The minimum Gasteiger partial charge on any atom is -0.466 e. The molecule has 0 aliphatic carbocycles. The molecule has 0 saturated carbocycles. The molecule has 1 aromatic carbocycles. The molecule has 0 spiro atoms. The number of carbonyl (C=O) groups is 1.